The highest BCUT2D eigenvalue weighted by Crippen LogP contribution is 2.41. The van der Waals surface area contributed by atoms with E-state index in [0.717, 1.165) is 0 Å². The highest BCUT2D eigenvalue weighted by molar-refractivity contribution is 7.89. The van der Waals surface area contributed by atoms with Crippen LogP contribution in [0.15, 0.2) is 29.2 Å². The molecule has 1 aliphatic heterocycles. The summed E-state index contributed by atoms with van der Waals surface area (Å²) in [5.41, 5.74) is -1.55. The Bertz CT molecular complexity index is 591. The maximum absolute atomic E-state index is 12.7. The van der Waals surface area contributed by atoms with Crippen molar-refractivity contribution in [3.63, 3.8) is 0 Å². The molecule has 5 nitrogen and oxygen atoms in total. The van der Waals surface area contributed by atoms with Crippen molar-refractivity contribution in [2.24, 2.45) is 5.41 Å². The van der Waals surface area contributed by atoms with Crippen LogP contribution in [0.3, 0.4) is 0 Å². The zero-order valence-electron chi connectivity index (χ0n) is 12.3. The van der Waals surface area contributed by atoms with Gasteiger partial charge in [0, 0.05) is 18.5 Å². The van der Waals surface area contributed by atoms with E-state index in [1.54, 1.807) is 25.1 Å². The van der Waals surface area contributed by atoms with Crippen molar-refractivity contribution in [3.05, 3.63) is 24.3 Å². The fraction of sp³-hybridized carbons (Fsp3) is 0.571. The number of β-amino-alcohol motifs (C(OH)–C–C–N with tert-alkyl or cyclic N) is 1. The van der Waals surface area contributed by atoms with E-state index in [0.29, 0.717) is 5.75 Å². The van der Waals surface area contributed by atoms with Gasteiger partial charge in [-0.05, 0) is 19.1 Å². The molecule has 2 rings (SSSR count). The highest BCUT2D eigenvalue weighted by Gasteiger charge is 2.51. The predicted octanol–water partition coefficient (Wildman–Crippen LogP) is 1.48. The first-order valence-electron chi connectivity index (χ1n) is 6.47. The van der Waals surface area contributed by atoms with E-state index in [2.05, 4.69) is 0 Å². The standard InChI is InChI=1S/C14H21NO4S/c1-13(2)9-15(10-14(13,3)16)20(17,18)12-8-6-5-7-11(12)19-4/h5-8,16H,9-10H2,1-4H3/t14-/m0/s1. The van der Waals surface area contributed by atoms with Crippen molar-refractivity contribution in [1.29, 1.82) is 0 Å². The van der Waals surface area contributed by atoms with Gasteiger partial charge < -0.3 is 9.84 Å². The second-order valence-corrected chi connectivity index (χ2v) is 7.99. The Balaban J connectivity index is 2.43. The van der Waals surface area contributed by atoms with Gasteiger partial charge in [-0.1, -0.05) is 26.0 Å². The zero-order valence-corrected chi connectivity index (χ0v) is 13.1. The number of aliphatic hydroxyl groups is 1. The summed E-state index contributed by atoms with van der Waals surface area (Å²) in [7, 11) is -2.23. The lowest BCUT2D eigenvalue weighted by atomic mass is 9.79. The van der Waals surface area contributed by atoms with Crippen LogP contribution in [0.4, 0.5) is 0 Å². The molecule has 0 unspecified atom stereocenters. The first-order valence-corrected chi connectivity index (χ1v) is 7.91. The molecule has 1 N–H and O–H groups in total. The van der Waals surface area contributed by atoms with Crippen LogP contribution in [-0.2, 0) is 10.0 Å². The van der Waals surface area contributed by atoms with Gasteiger partial charge in [-0.15, -0.1) is 0 Å². The summed E-state index contributed by atoms with van der Waals surface area (Å²) in [5, 5.41) is 10.4. The van der Waals surface area contributed by atoms with Crippen LogP contribution in [0.5, 0.6) is 5.75 Å². The van der Waals surface area contributed by atoms with Crippen LogP contribution >= 0.6 is 0 Å². The lowest BCUT2D eigenvalue weighted by molar-refractivity contribution is -0.0100. The minimum Gasteiger partial charge on any atom is -0.495 e. The molecule has 1 aromatic carbocycles. The van der Waals surface area contributed by atoms with Crippen molar-refractivity contribution in [2.45, 2.75) is 31.3 Å². The van der Waals surface area contributed by atoms with Gasteiger partial charge in [0.25, 0.3) is 0 Å². The van der Waals surface area contributed by atoms with Gasteiger partial charge in [-0.25, -0.2) is 8.42 Å². The highest BCUT2D eigenvalue weighted by atomic mass is 32.2. The molecule has 0 bridgehead atoms. The molecule has 0 amide bonds. The van der Waals surface area contributed by atoms with Gasteiger partial charge in [0.15, 0.2) is 0 Å². The third-order valence-electron chi connectivity index (χ3n) is 4.20. The molecule has 1 atom stereocenters. The Hall–Kier alpha value is -1.11. The summed E-state index contributed by atoms with van der Waals surface area (Å²) in [5.74, 6) is 0.317. The van der Waals surface area contributed by atoms with Crippen LogP contribution in [0.2, 0.25) is 0 Å². The molecule has 1 aliphatic rings. The molecule has 0 radical (unpaired) electrons. The van der Waals surface area contributed by atoms with Gasteiger partial charge >= 0.3 is 0 Å². The average Bonchev–Trinajstić information content (AvgIpc) is 2.59. The first kappa shape index (κ1) is 15.3. The number of hydrogen-bond donors (Lipinski definition) is 1. The number of rotatable bonds is 3. The SMILES string of the molecule is COc1ccccc1S(=O)(=O)N1CC(C)(C)[C@@](C)(O)C1. The van der Waals surface area contributed by atoms with Crippen LogP contribution < -0.4 is 4.74 Å². The summed E-state index contributed by atoms with van der Waals surface area (Å²) in [6, 6.07) is 6.52. The Morgan fingerprint density at radius 1 is 1.20 bits per heavy atom. The zero-order chi connectivity index (χ0) is 15.2. The molecule has 1 fully saturated rings. The minimum absolute atomic E-state index is 0.0837. The second-order valence-electron chi connectivity index (χ2n) is 6.08. The summed E-state index contributed by atoms with van der Waals surface area (Å²) >= 11 is 0. The Morgan fingerprint density at radius 2 is 1.80 bits per heavy atom. The van der Waals surface area contributed by atoms with E-state index < -0.39 is 21.0 Å². The van der Waals surface area contributed by atoms with E-state index in [1.165, 1.54) is 17.5 Å². The monoisotopic (exact) mass is 299 g/mol. The van der Waals surface area contributed by atoms with Crippen LogP contribution in [-0.4, -0.2) is 43.6 Å². The summed E-state index contributed by atoms with van der Waals surface area (Å²) in [6.45, 7) is 5.76. The van der Waals surface area contributed by atoms with Crippen molar-refractivity contribution in [2.75, 3.05) is 20.2 Å². The summed E-state index contributed by atoms with van der Waals surface area (Å²) < 4.78 is 31.9. The number of benzene rings is 1. The first-order chi connectivity index (χ1) is 9.12. The second kappa shape index (κ2) is 4.72. The topological polar surface area (TPSA) is 66.8 Å². The molecule has 0 aromatic heterocycles. The number of methoxy groups -OCH3 is 1. The lowest BCUT2D eigenvalue weighted by Crippen LogP contribution is -2.40. The van der Waals surface area contributed by atoms with Crippen LogP contribution in [0.1, 0.15) is 20.8 Å². The summed E-state index contributed by atoms with van der Waals surface area (Å²) in [4.78, 5) is 0.135. The van der Waals surface area contributed by atoms with Crippen molar-refractivity contribution >= 4 is 10.0 Å². The number of nitrogens with zero attached hydrogens (tertiary/aromatic N) is 1. The summed E-state index contributed by atoms with van der Waals surface area (Å²) in [6.07, 6.45) is 0. The van der Waals surface area contributed by atoms with Crippen molar-refractivity contribution in [1.82, 2.24) is 4.31 Å². The van der Waals surface area contributed by atoms with E-state index >= 15 is 0 Å². The maximum Gasteiger partial charge on any atom is 0.246 e. The van der Waals surface area contributed by atoms with Gasteiger partial charge in [0.1, 0.15) is 10.6 Å². The number of sulfonamides is 1. The van der Waals surface area contributed by atoms with Gasteiger partial charge in [-0.3, -0.25) is 0 Å². The van der Waals surface area contributed by atoms with Crippen LogP contribution in [0, 0.1) is 5.41 Å². The molecule has 1 heterocycles. The normalized spacial score (nSPS) is 26.6. The average molecular weight is 299 g/mol. The van der Waals surface area contributed by atoms with Crippen molar-refractivity contribution in [3.8, 4) is 5.75 Å². The molecule has 0 aliphatic carbocycles. The predicted molar refractivity (Wildman–Crippen MR) is 76.2 cm³/mol. The molecule has 1 aromatic rings. The van der Waals surface area contributed by atoms with E-state index in [9.17, 15) is 13.5 Å². The smallest absolute Gasteiger partial charge is 0.246 e. The third-order valence-corrected chi connectivity index (χ3v) is 6.03. The lowest BCUT2D eigenvalue weighted by Gasteiger charge is -2.31. The minimum atomic E-state index is -3.68. The molecular weight excluding hydrogens is 278 g/mol. The van der Waals surface area contributed by atoms with Gasteiger partial charge in [-0.2, -0.15) is 4.31 Å². The third kappa shape index (κ3) is 2.32. The number of hydrogen-bond acceptors (Lipinski definition) is 4. The molecule has 6 heteroatoms. The molecule has 112 valence electrons. The van der Waals surface area contributed by atoms with Crippen LogP contribution in [0.25, 0.3) is 0 Å². The molecule has 0 saturated carbocycles. The number of para-hydroxylation sites is 1. The Labute approximate surface area is 120 Å². The quantitative estimate of drug-likeness (QED) is 0.918. The van der Waals surface area contributed by atoms with Gasteiger partial charge in [0.05, 0.1) is 12.7 Å². The largest absolute Gasteiger partial charge is 0.495 e. The van der Waals surface area contributed by atoms with E-state index in [-0.39, 0.29) is 18.0 Å². The number of ether oxygens (including phenoxy) is 1. The fourth-order valence-electron chi connectivity index (χ4n) is 2.37. The van der Waals surface area contributed by atoms with Gasteiger partial charge in [0.2, 0.25) is 10.0 Å². The molecule has 20 heavy (non-hydrogen) atoms. The molecule has 0 spiro atoms. The van der Waals surface area contributed by atoms with E-state index in [1.807, 2.05) is 13.8 Å². The molecule has 1 saturated heterocycles. The Kier molecular flexibility index (Phi) is 3.60. The fourth-order valence-corrected chi connectivity index (χ4v) is 4.21. The molecular formula is C14H21NO4S. The van der Waals surface area contributed by atoms with Crippen molar-refractivity contribution < 1.29 is 18.3 Å². The maximum atomic E-state index is 12.7. The Morgan fingerprint density at radius 3 is 2.30 bits per heavy atom. The van der Waals surface area contributed by atoms with E-state index in [4.69, 9.17) is 4.74 Å².